The Morgan fingerprint density at radius 3 is 2.67 bits per heavy atom. The zero-order valence-electron chi connectivity index (χ0n) is 13.1. The van der Waals surface area contributed by atoms with Crippen LogP contribution in [0.4, 0.5) is 0 Å². The molecule has 1 aromatic heterocycles. The minimum Gasteiger partial charge on any atom is -0.477 e. The molecule has 0 saturated heterocycles. The first-order chi connectivity index (χ1) is 10.3. The maximum atomic E-state index is 5.74. The van der Waals surface area contributed by atoms with E-state index in [4.69, 9.17) is 4.74 Å². The van der Waals surface area contributed by atoms with Crippen molar-refractivity contribution in [3.05, 3.63) is 54.2 Å². The van der Waals surface area contributed by atoms with Crippen molar-refractivity contribution in [2.24, 2.45) is 0 Å². The fraction of sp³-hybridized carbons (Fsp3) is 0.389. The lowest BCUT2D eigenvalue weighted by atomic mass is 10.2. The summed E-state index contributed by atoms with van der Waals surface area (Å²) < 4.78 is 5.74. The third kappa shape index (κ3) is 5.72. The van der Waals surface area contributed by atoms with E-state index < -0.39 is 0 Å². The fourth-order valence-corrected chi connectivity index (χ4v) is 4.35. The Kier molecular flexibility index (Phi) is 6.48. The van der Waals surface area contributed by atoms with Crippen LogP contribution >= 0.6 is 0 Å². The summed E-state index contributed by atoms with van der Waals surface area (Å²) in [6.07, 6.45) is 5.46. The molecule has 0 aliphatic rings. The van der Waals surface area contributed by atoms with Gasteiger partial charge < -0.3 is 4.74 Å². The lowest BCUT2D eigenvalue weighted by molar-refractivity contribution is 0.292. The van der Waals surface area contributed by atoms with Gasteiger partial charge in [-0.15, -0.1) is 0 Å². The average molecular weight is 299 g/mol. The van der Waals surface area contributed by atoms with E-state index in [2.05, 4.69) is 42.2 Å². The predicted molar refractivity (Wildman–Crippen MR) is 92.4 cm³/mol. The lowest BCUT2D eigenvalue weighted by Gasteiger charge is -2.11. The average Bonchev–Trinajstić information content (AvgIpc) is 2.50. The molecule has 3 heteroatoms. The summed E-state index contributed by atoms with van der Waals surface area (Å²) in [5.74, 6) is 0.782. The van der Waals surface area contributed by atoms with Crippen LogP contribution in [-0.2, 0) is 0 Å². The van der Waals surface area contributed by atoms with E-state index in [-0.39, 0.29) is 9.52 Å². The topological polar surface area (TPSA) is 22.1 Å². The van der Waals surface area contributed by atoms with E-state index in [9.17, 15) is 0 Å². The van der Waals surface area contributed by atoms with E-state index in [1.807, 2.05) is 19.1 Å². The largest absolute Gasteiger partial charge is 0.477 e. The summed E-state index contributed by atoms with van der Waals surface area (Å²) in [4.78, 5) is 4.25. The number of rotatable bonds is 8. The zero-order valence-corrected chi connectivity index (χ0v) is 14.5. The van der Waals surface area contributed by atoms with Crippen molar-refractivity contribution in [1.29, 1.82) is 0 Å². The molecule has 1 unspecified atom stereocenters. The first-order valence-corrected chi connectivity index (χ1v) is 9.36. The Labute approximate surface area is 130 Å². The molecule has 0 amide bonds. The molecule has 0 radical (unpaired) electrons. The van der Waals surface area contributed by atoms with Crippen molar-refractivity contribution in [2.75, 3.05) is 6.61 Å². The Balaban J connectivity index is 1.60. The molecule has 0 spiro atoms. The highest BCUT2D eigenvalue weighted by molar-refractivity contribution is 6.54. The minimum atomic E-state index is -0.132. The molecule has 21 heavy (non-hydrogen) atoms. The molecule has 0 aliphatic heterocycles. The number of aromatic nitrogens is 1. The van der Waals surface area contributed by atoms with Crippen LogP contribution < -0.4 is 9.92 Å². The fourth-order valence-electron chi connectivity index (χ4n) is 2.50. The number of ether oxygens (including phenoxy) is 1. The first kappa shape index (κ1) is 15.8. The van der Waals surface area contributed by atoms with Crippen molar-refractivity contribution >= 4 is 14.7 Å². The van der Waals surface area contributed by atoms with Gasteiger partial charge >= 0.3 is 0 Å². The van der Waals surface area contributed by atoms with Crippen molar-refractivity contribution in [1.82, 2.24) is 4.98 Å². The normalized spacial score (nSPS) is 12.7. The van der Waals surface area contributed by atoms with Gasteiger partial charge in [-0.3, -0.25) is 0 Å². The zero-order chi connectivity index (χ0) is 14.9. The van der Waals surface area contributed by atoms with E-state index in [1.165, 1.54) is 12.8 Å². The lowest BCUT2D eigenvalue weighted by Crippen LogP contribution is -2.17. The Morgan fingerprint density at radius 1 is 1.10 bits per heavy atom. The van der Waals surface area contributed by atoms with Gasteiger partial charge in [0.25, 0.3) is 0 Å². The highest BCUT2D eigenvalue weighted by Gasteiger charge is 2.05. The number of aryl methyl sites for hydroxylation is 1. The Bertz CT molecular complexity index is 530. The molecule has 0 N–H and O–H groups in total. The van der Waals surface area contributed by atoms with Crippen LogP contribution in [0.5, 0.6) is 5.88 Å². The highest BCUT2D eigenvalue weighted by atomic mass is 28.2. The number of hydrogen-bond acceptors (Lipinski definition) is 2. The molecule has 0 bridgehead atoms. The molecule has 0 aliphatic carbocycles. The van der Waals surface area contributed by atoms with Crippen LogP contribution in [-0.4, -0.2) is 21.1 Å². The summed E-state index contributed by atoms with van der Waals surface area (Å²) in [6.45, 7) is 5.20. The molecule has 2 nitrogen and oxygen atoms in total. The summed E-state index contributed by atoms with van der Waals surface area (Å²) in [6, 6.07) is 14.9. The first-order valence-electron chi connectivity index (χ1n) is 7.84. The van der Waals surface area contributed by atoms with Gasteiger partial charge in [-0.05, 0) is 25.0 Å². The molecular formula is C18H25NOSi. The maximum Gasteiger partial charge on any atom is 0.216 e. The predicted octanol–water partition coefficient (Wildman–Crippen LogP) is 3.24. The van der Waals surface area contributed by atoms with Gasteiger partial charge in [0.05, 0.1) is 16.1 Å². The van der Waals surface area contributed by atoms with Crippen LogP contribution in [0.15, 0.2) is 48.7 Å². The quantitative estimate of drug-likeness (QED) is 0.551. The second-order valence-corrected chi connectivity index (χ2v) is 8.38. The SMILES string of the molecule is Cc1cccnc1OCCCCC(C)[SiH2]c1ccccc1. The molecule has 1 atom stereocenters. The van der Waals surface area contributed by atoms with Crippen LogP contribution in [0.25, 0.3) is 0 Å². The Morgan fingerprint density at radius 2 is 1.90 bits per heavy atom. The van der Waals surface area contributed by atoms with Crippen molar-refractivity contribution < 1.29 is 4.74 Å². The second kappa shape index (κ2) is 8.62. The van der Waals surface area contributed by atoms with Crippen LogP contribution in [0.3, 0.4) is 0 Å². The van der Waals surface area contributed by atoms with Crippen molar-refractivity contribution in [3.8, 4) is 5.88 Å². The molecule has 1 heterocycles. The maximum absolute atomic E-state index is 5.74. The third-order valence-corrected chi connectivity index (χ3v) is 5.77. The molecule has 1 aromatic carbocycles. The highest BCUT2D eigenvalue weighted by Crippen LogP contribution is 2.15. The summed E-state index contributed by atoms with van der Waals surface area (Å²) in [7, 11) is -0.132. The van der Waals surface area contributed by atoms with E-state index in [0.29, 0.717) is 0 Å². The molecular weight excluding hydrogens is 274 g/mol. The smallest absolute Gasteiger partial charge is 0.216 e. The van der Waals surface area contributed by atoms with Gasteiger partial charge in [-0.2, -0.15) is 0 Å². The van der Waals surface area contributed by atoms with Gasteiger partial charge in [-0.25, -0.2) is 4.98 Å². The number of hydrogen-bond donors (Lipinski definition) is 0. The molecule has 0 saturated carbocycles. The third-order valence-electron chi connectivity index (χ3n) is 3.72. The monoisotopic (exact) mass is 299 g/mol. The summed E-state index contributed by atoms with van der Waals surface area (Å²) in [5, 5.41) is 1.57. The van der Waals surface area contributed by atoms with Crippen LogP contribution in [0.2, 0.25) is 5.54 Å². The molecule has 0 fully saturated rings. The van der Waals surface area contributed by atoms with Gasteiger partial charge in [0, 0.05) is 11.8 Å². The summed E-state index contributed by atoms with van der Waals surface area (Å²) >= 11 is 0. The molecule has 112 valence electrons. The van der Waals surface area contributed by atoms with Crippen molar-refractivity contribution in [3.63, 3.8) is 0 Å². The number of benzene rings is 1. The van der Waals surface area contributed by atoms with Crippen molar-refractivity contribution in [2.45, 2.75) is 38.7 Å². The number of pyridine rings is 1. The van der Waals surface area contributed by atoms with E-state index in [0.717, 1.165) is 30.0 Å². The molecule has 2 rings (SSSR count). The number of nitrogens with zero attached hydrogens (tertiary/aromatic N) is 1. The van der Waals surface area contributed by atoms with Crippen LogP contribution in [0, 0.1) is 6.92 Å². The van der Waals surface area contributed by atoms with Gasteiger partial charge in [0.1, 0.15) is 0 Å². The van der Waals surface area contributed by atoms with Crippen LogP contribution in [0.1, 0.15) is 31.7 Å². The van der Waals surface area contributed by atoms with Gasteiger partial charge in [-0.1, -0.05) is 61.4 Å². The van der Waals surface area contributed by atoms with E-state index >= 15 is 0 Å². The van der Waals surface area contributed by atoms with E-state index in [1.54, 1.807) is 11.4 Å². The van der Waals surface area contributed by atoms with Gasteiger partial charge in [0.15, 0.2) is 0 Å². The summed E-state index contributed by atoms with van der Waals surface area (Å²) in [5.41, 5.74) is 1.98. The van der Waals surface area contributed by atoms with Gasteiger partial charge in [0.2, 0.25) is 5.88 Å². The Hall–Kier alpha value is -1.61. The number of unbranched alkanes of at least 4 members (excludes halogenated alkanes) is 1. The molecule has 2 aromatic rings. The second-order valence-electron chi connectivity index (χ2n) is 5.76. The minimum absolute atomic E-state index is 0.132. The standard InChI is InChI=1S/C18H25NOSi/c1-15-9-8-13-19-18(15)20-14-7-6-10-16(2)21-17-11-4-3-5-12-17/h3-5,8-9,11-13,16H,6-7,10,14,21H2,1-2H3.